The van der Waals surface area contributed by atoms with Crippen LogP contribution in [0.4, 0.5) is 0 Å². The van der Waals surface area contributed by atoms with Crippen LogP contribution in [0.1, 0.15) is 5.56 Å². The summed E-state index contributed by atoms with van der Waals surface area (Å²) in [6.45, 7) is 0.461. The van der Waals surface area contributed by atoms with E-state index in [2.05, 4.69) is 4.98 Å². The van der Waals surface area contributed by atoms with Crippen molar-refractivity contribution in [2.75, 3.05) is 0 Å². The predicted molar refractivity (Wildman–Crippen MR) is 96.5 cm³/mol. The van der Waals surface area contributed by atoms with Gasteiger partial charge in [0, 0.05) is 17.6 Å². The topological polar surface area (TPSA) is 52.3 Å². The van der Waals surface area contributed by atoms with E-state index in [-0.39, 0.29) is 0 Å². The van der Waals surface area contributed by atoms with Gasteiger partial charge in [0.25, 0.3) is 0 Å². The van der Waals surface area contributed by atoms with Crippen LogP contribution in [0.5, 0.6) is 5.75 Å². The standard InChI is InChI=1S/C21H15NO3/c23-21-18(19-8-4-5-11-22-19)12-16-9-10-17(13-20(16)25-21)24-14-15-6-2-1-3-7-15/h1-13H,14H2. The van der Waals surface area contributed by atoms with Crippen LogP contribution in [0.15, 0.2) is 88.2 Å². The van der Waals surface area contributed by atoms with Crippen molar-refractivity contribution >= 4 is 11.0 Å². The van der Waals surface area contributed by atoms with Crippen molar-refractivity contribution in [2.45, 2.75) is 6.61 Å². The molecule has 0 saturated carbocycles. The molecule has 0 radical (unpaired) electrons. The van der Waals surface area contributed by atoms with Crippen molar-refractivity contribution in [3.63, 3.8) is 0 Å². The van der Waals surface area contributed by atoms with Gasteiger partial charge in [0.1, 0.15) is 17.9 Å². The zero-order valence-corrected chi connectivity index (χ0v) is 13.4. The molecule has 0 saturated heterocycles. The molecule has 0 fully saturated rings. The van der Waals surface area contributed by atoms with Crippen molar-refractivity contribution in [3.8, 4) is 17.0 Å². The number of hydrogen-bond donors (Lipinski definition) is 0. The fourth-order valence-corrected chi connectivity index (χ4v) is 2.62. The summed E-state index contributed by atoms with van der Waals surface area (Å²) in [6.07, 6.45) is 1.65. The lowest BCUT2D eigenvalue weighted by Crippen LogP contribution is -2.03. The maximum Gasteiger partial charge on any atom is 0.345 e. The quantitative estimate of drug-likeness (QED) is 0.520. The van der Waals surface area contributed by atoms with Crippen LogP contribution in [0.25, 0.3) is 22.2 Å². The van der Waals surface area contributed by atoms with Gasteiger partial charge in [0.15, 0.2) is 0 Å². The molecule has 25 heavy (non-hydrogen) atoms. The molecule has 122 valence electrons. The monoisotopic (exact) mass is 329 g/mol. The molecule has 2 aromatic heterocycles. The summed E-state index contributed by atoms with van der Waals surface area (Å²) in [5.41, 5.74) is 2.21. The first-order valence-electron chi connectivity index (χ1n) is 7.96. The Hall–Kier alpha value is -3.40. The Morgan fingerprint density at radius 1 is 0.920 bits per heavy atom. The van der Waals surface area contributed by atoms with Crippen molar-refractivity contribution in [1.82, 2.24) is 4.98 Å². The summed E-state index contributed by atoms with van der Waals surface area (Å²) >= 11 is 0. The molecule has 4 nitrogen and oxygen atoms in total. The molecule has 4 aromatic rings. The molecule has 0 unspecified atom stereocenters. The van der Waals surface area contributed by atoms with Gasteiger partial charge in [0.2, 0.25) is 0 Å². The summed E-state index contributed by atoms with van der Waals surface area (Å²) in [6, 6.07) is 22.6. The van der Waals surface area contributed by atoms with Crippen LogP contribution < -0.4 is 10.4 Å². The lowest BCUT2D eigenvalue weighted by molar-refractivity contribution is 0.306. The number of hydrogen-bond acceptors (Lipinski definition) is 4. The van der Waals surface area contributed by atoms with E-state index in [4.69, 9.17) is 9.15 Å². The molecule has 2 heterocycles. The number of rotatable bonds is 4. The Morgan fingerprint density at radius 3 is 2.56 bits per heavy atom. The molecular formula is C21H15NO3. The lowest BCUT2D eigenvalue weighted by Gasteiger charge is -2.07. The van der Waals surface area contributed by atoms with E-state index in [1.807, 2.05) is 54.6 Å². The molecule has 0 aliphatic carbocycles. The highest BCUT2D eigenvalue weighted by Gasteiger charge is 2.09. The van der Waals surface area contributed by atoms with Gasteiger partial charge in [-0.05, 0) is 35.9 Å². The molecule has 0 aliphatic rings. The summed E-state index contributed by atoms with van der Waals surface area (Å²) in [4.78, 5) is 16.5. The van der Waals surface area contributed by atoms with E-state index < -0.39 is 5.63 Å². The number of ether oxygens (including phenoxy) is 1. The third-order valence-electron chi connectivity index (χ3n) is 3.90. The highest BCUT2D eigenvalue weighted by atomic mass is 16.5. The van der Waals surface area contributed by atoms with Gasteiger partial charge in [0.05, 0.1) is 11.3 Å². The predicted octanol–water partition coefficient (Wildman–Crippen LogP) is 4.43. The fraction of sp³-hybridized carbons (Fsp3) is 0.0476. The van der Waals surface area contributed by atoms with E-state index in [0.29, 0.717) is 29.2 Å². The highest BCUT2D eigenvalue weighted by molar-refractivity contribution is 5.82. The van der Waals surface area contributed by atoms with E-state index in [0.717, 1.165) is 10.9 Å². The Bertz CT molecular complexity index is 1060. The number of pyridine rings is 1. The second-order valence-corrected chi connectivity index (χ2v) is 5.64. The Balaban J connectivity index is 1.64. The van der Waals surface area contributed by atoms with Crippen LogP contribution in [0.3, 0.4) is 0 Å². The van der Waals surface area contributed by atoms with Crippen molar-refractivity contribution < 1.29 is 9.15 Å². The number of fused-ring (bicyclic) bond motifs is 1. The minimum atomic E-state index is -0.411. The molecule has 4 heteroatoms. The summed E-state index contributed by atoms with van der Waals surface area (Å²) in [5.74, 6) is 0.657. The smallest absolute Gasteiger partial charge is 0.345 e. The van der Waals surface area contributed by atoms with E-state index >= 15 is 0 Å². The summed E-state index contributed by atoms with van der Waals surface area (Å²) < 4.78 is 11.2. The Labute approximate surface area is 144 Å². The first-order valence-corrected chi connectivity index (χ1v) is 7.96. The zero-order chi connectivity index (χ0) is 17.1. The maximum absolute atomic E-state index is 12.3. The van der Waals surface area contributed by atoms with E-state index in [1.54, 1.807) is 24.4 Å². The maximum atomic E-state index is 12.3. The number of benzene rings is 2. The van der Waals surface area contributed by atoms with Crippen molar-refractivity contribution in [3.05, 3.63) is 95.0 Å². The largest absolute Gasteiger partial charge is 0.489 e. The molecule has 0 spiro atoms. The van der Waals surface area contributed by atoms with Gasteiger partial charge in [-0.2, -0.15) is 0 Å². The molecule has 0 aliphatic heterocycles. The molecular weight excluding hydrogens is 314 g/mol. The van der Waals surface area contributed by atoms with Crippen LogP contribution in [-0.4, -0.2) is 4.98 Å². The normalized spacial score (nSPS) is 10.7. The Kier molecular flexibility index (Phi) is 4.01. The minimum Gasteiger partial charge on any atom is -0.489 e. The summed E-state index contributed by atoms with van der Waals surface area (Å²) in [5, 5.41) is 0.826. The molecule has 0 N–H and O–H groups in total. The van der Waals surface area contributed by atoms with Gasteiger partial charge >= 0.3 is 5.63 Å². The van der Waals surface area contributed by atoms with Crippen LogP contribution in [-0.2, 0) is 6.61 Å². The molecule has 0 atom stereocenters. The third kappa shape index (κ3) is 3.28. The molecule has 0 amide bonds. The molecule has 0 bridgehead atoms. The SMILES string of the molecule is O=c1oc2cc(OCc3ccccc3)ccc2cc1-c1ccccn1. The average Bonchev–Trinajstić information content (AvgIpc) is 2.67. The Morgan fingerprint density at radius 2 is 1.76 bits per heavy atom. The second kappa shape index (κ2) is 6.61. The van der Waals surface area contributed by atoms with Crippen molar-refractivity contribution in [2.24, 2.45) is 0 Å². The van der Waals surface area contributed by atoms with Crippen molar-refractivity contribution in [1.29, 1.82) is 0 Å². The number of aromatic nitrogens is 1. The minimum absolute atomic E-state index is 0.411. The van der Waals surface area contributed by atoms with Gasteiger partial charge in [-0.15, -0.1) is 0 Å². The molecule has 4 rings (SSSR count). The molecule has 2 aromatic carbocycles. The lowest BCUT2D eigenvalue weighted by atomic mass is 10.1. The van der Waals surface area contributed by atoms with Gasteiger partial charge in [-0.1, -0.05) is 36.4 Å². The first-order chi connectivity index (χ1) is 12.3. The first kappa shape index (κ1) is 15.1. The van der Waals surface area contributed by atoms with Crippen LogP contribution in [0.2, 0.25) is 0 Å². The van der Waals surface area contributed by atoms with E-state index in [9.17, 15) is 4.79 Å². The number of nitrogens with zero attached hydrogens (tertiary/aromatic N) is 1. The zero-order valence-electron chi connectivity index (χ0n) is 13.4. The van der Waals surface area contributed by atoms with Crippen LogP contribution in [0, 0.1) is 0 Å². The summed E-state index contributed by atoms with van der Waals surface area (Å²) in [7, 11) is 0. The average molecular weight is 329 g/mol. The van der Waals surface area contributed by atoms with Gasteiger partial charge < -0.3 is 9.15 Å². The fourth-order valence-electron chi connectivity index (χ4n) is 2.62. The second-order valence-electron chi connectivity index (χ2n) is 5.64. The van der Waals surface area contributed by atoms with Gasteiger partial charge in [-0.25, -0.2) is 4.79 Å². The van der Waals surface area contributed by atoms with E-state index in [1.165, 1.54) is 0 Å². The highest BCUT2D eigenvalue weighted by Crippen LogP contribution is 2.24. The third-order valence-corrected chi connectivity index (χ3v) is 3.90. The van der Waals surface area contributed by atoms with Gasteiger partial charge in [-0.3, -0.25) is 4.98 Å². The van der Waals surface area contributed by atoms with Crippen LogP contribution >= 0.6 is 0 Å².